The van der Waals surface area contributed by atoms with Crippen LogP contribution in [0.2, 0.25) is 5.02 Å². The Balaban J connectivity index is 1.70. The molecule has 0 spiro atoms. The minimum absolute atomic E-state index is 0.0634. The molecule has 1 N–H and O–H groups in total. The van der Waals surface area contributed by atoms with Crippen LogP contribution in [-0.2, 0) is 16.1 Å². The van der Waals surface area contributed by atoms with E-state index in [4.69, 9.17) is 16.0 Å². The third kappa shape index (κ3) is 3.55. The molecule has 1 aliphatic rings. The number of nitrogens with one attached hydrogen (secondary N) is 1. The van der Waals surface area contributed by atoms with Gasteiger partial charge < -0.3 is 8.98 Å². The number of furan rings is 1. The molecule has 2 aromatic heterocycles. The Morgan fingerprint density at radius 1 is 1.10 bits per heavy atom. The number of urea groups is 1. The lowest BCUT2D eigenvalue weighted by atomic mass is 10.1. The smallest absolute Gasteiger partial charge is 0.331 e. The first-order chi connectivity index (χ1) is 14.3. The van der Waals surface area contributed by atoms with E-state index in [1.807, 2.05) is 36.6 Å². The van der Waals surface area contributed by atoms with Crippen LogP contribution in [0.1, 0.15) is 22.7 Å². The molecule has 0 aliphatic carbocycles. The third-order valence-electron chi connectivity index (χ3n) is 4.93. The number of carbonyl (C=O) groups is 3. The van der Waals surface area contributed by atoms with Gasteiger partial charge in [-0.1, -0.05) is 11.6 Å². The number of amides is 4. The minimum atomic E-state index is -0.773. The monoisotopic (exact) mass is 423 g/mol. The number of barbiturate groups is 1. The normalized spacial score (nSPS) is 15.8. The van der Waals surface area contributed by atoms with Gasteiger partial charge in [0.15, 0.2) is 0 Å². The maximum absolute atomic E-state index is 12.9. The molecular formula is C22H18ClN3O4. The molecule has 7 nitrogen and oxygen atoms in total. The standard InChI is InChI=1S/C22H18ClN3O4/c1-13-10-15(14(2)26(13)17-7-5-16(23)6-8-17)11-19-20(27)24-22(29)25(21(19)28)12-18-4-3-9-30-18/h3-11H,12H2,1-2H3,(H,24,27,29). The van der Waals surface area contributed by atoms with Crippen LogP contribution in [0, 0.1) is 13.8 Å². The second-order valence-electron chi connectivity index (χ2n) is 6.93. The van der Waals surface area contributed by atoms with Crippen LogP contribution in [0.3, 0.4) is 0 Å². The van der Waals surface area contributed by atoms with Crippen LogP contribution in [0.15, 0.2) is 58.7 Å². The van der Waals surface area contributed by atoms with Gasteiger partial charge in [0.05, 0.1) is 12.8 Å². The van der Waals surface area contributed by atoms with Gasteiger partial charge in [0.2, 0.25) is 0 Å². The predicted molar refractivity (Wildman–Crippen MR) is 111 cm³/mol. The van der Waals surface area contributed by atoms with Gasteiger partial charge in [-0.25, -0.2) is 4.79 Å². The Bertz CT molecular complexity index is 1170. The topological polar surface area (TPSA) is 84.6 Å². The molecule has 1 saturated heterocycles. The van der Waals surface area contributed by atoms with Gasteiger partial charge in [0.25, 0.3) is 11.8 Å². The van der Waals surface area contributed by atoms with Crippen molar-refractivity contribution in [2.24, 2.45) is 0 Å². The average molecular weight is 424 g/mol. The molecule has 8 heteroatoms. The van der Waals surface area contributed by atoms with Gasteiger partial charge in [0, 0.05) is 22.1 Å². The number of aromatic nitrogens is 1. The van der Waals surface area contributed by atoms with E-state index in [2.05, 4.69) is 5.32 Å². The number of hydrogen-bond donors (Lipinski definition) is 1. The quantitative estimate of drug-likeness (QED) is 0.507. The van der Waals surface area contributed by atoms with Gasteiger partial charge >= 0.3 is 6.03 Å². The van der Waals surface area contributed by atoms with E-state index in [-0.39, 0.29) is 12.1 Å². The first-order valence-electron chi connectivity index (χ1n) is 9.21. The van der Waals surface area contributed by atoms with Crippen LogP contribution in [-0.4, -0.2) is 27.3 Å². The van der Waals surface area contributed by atoms with Gasteiger partial charge in [-0.15, -0.1) is 0 Å². The molecule has 0 unspecified atom stereocenters. The molecule has 152 valence electrons. The summed E-state index contributed by atoms with van der Waals surface area (Å²) in [4.78, 5) is 38.4. The van der Waals surface area contributed by atoms with Crippen molar-refractivity contribution in [2.45, 2.75) is 20.4 Å². The summed E-state index contributed by atoms with van der Waals surface area (Å²) in [7, 11) is 0. The van der Waals surface area contributed by atoms with E-state index in [0.717, 1.165) is 22.0 Å². The molecule has 4 rings (SSSR count). The van der Waals surface area contributed by atoms with Crippen LogP contribution >= 0.6 is 11.6 Å². The van der Waals surface area contributed by atoms with Crippen LogP contribution < -0.4 is 5.32 Å². The van der Waals surface area contributed by atoms with Crippen molar-refractivity contribution >= 4 is 35.5 Å². The lowest BCUT2D eigenvalue weighted by Gasteiger charge is -2.25. The van der Waals surface area contributed by atoms with Crippen molar-refractivity contribution in [3.63, 3.8) is 0 Å². The highest BCUT2D eigenvalue weighted by Gasteiger charge is 2.36. The molecule has 0 bridgehead atoms. The number of imide groups is 2. The van der Waals surface area contributed by atoms with E-state index in [9.17, 15) is 14.4 Å². The summed E-state index contributed by atoms with van der Waals surface area (Å²) in [5.74, 6) is -0.957. The summed E-state index contributed by atoms with van der Waals surface area (Å²) in [6.07, 6.45) is 2.96. The third-order valence-corrected chi connectivity index (χ3v) is 5.19. The van der Waals surface area contributed by atoms with E-state index in [1.165, 1.54) is 12.3 Å². The molecule has 0 atom stereocenters. The van der Waals surface area contributed by atoms with E-state index < -0.39 is 17.8 Å². The van der Waals surface area contributed by atoms with Crippen molar-refractivity contribution < 1.29 is 18.8 Å². The molecule has 30 heavy (non-hydrogen) atoms. The number of aryl methyl sites for hydroxylation is 1. The number of halogens is 1. The van der Waals surface area contributed by atoms with E-state index in [0.29, 0.717) is 16.3 Å². The Morgan fingerprint density at radius 2 is 1.83 bits per heavy atom. The maximum atomic E-state index is 12.9. The molecule has 1 aromatic carbocycles. The zero-order valence-electron chi connectivity index (χ0n) is 16.3. The number of benzene rings is 1. The molecule has 3 aromatic rings. The molecule has 0 saturated carbocycles. The predicted octanol–water partition coefficient (Wildman–Crippen LogP) is 4.00. The number of hydrogen-bond acceptors (Lipinski definition) is 4. The molecule has 1 aliphatic heterocycles. The number of rotatable bonds is 4. The van der Waals surface area contributed by atoms with Crippen molar-refractivity contribution in [1.82, 2.24) is 14.8 Å². The zero-order valence-corrected chi connectivity index (χ0v) is 17.1. The second kappa shape index (κ2) is 7.68. The second-order valence-corrected chi connectivity index (χ2v) is 7.36. The Morgan fingerprint density at radius 3 is 2.50 bits per heavy atom. The van der Waals surface area contributed by atoms with Crippen LogP contribution in [0.5, 0.6) is 0 Å². The van der Waals surface area contributed by atoms with Gasteiger partial charge in [-0.2, -0.15) is 0 Å². The fourth-order valence-electron chi connectivity index (χ4n) is 3.47. The molecule has 1 fully saturated rings. The highest BCUT2D eigenvalue weighted by Crippen LogP contribution is 2.25. The summed E-state index contributed by atoms with van der Waals surface area (Å²) in [5.41, 5.74) is 3.27. The zero-order chi connectivity index (χ0) is 21.4. The number of nitrogens with zero attached hydrogens (tertiary/aromatic N) is 2. The summed E-state index contributed by atoms with van der Waals surface area (Å²) < 4.78 is 7.22. The Labute approximate surface area is 177 Å². The molecular weight excluding hydrogens is 406 g/mol. The number of carbonyl (C=O) groups excluding carboxylic acids is 3. The summed E-state index contributed by atoms with van der Waals surface area (Å²) in [6, 6.07) is 11.8. The van der Waals surface area contributed by atoms with Crippen molar-refractivity contribution in [3.8, 4) is 5.69 Å². The summed E-state index contributed by atoms with van der Waals surface area (Å²) in [5, 5.41) is 2.85. The van der Waals surface area contributed by atoms with Crippen molar-refractivity contribution in [1.29, 1.82) is 0 Å². The SMILES string of the molecule is Cc1cc(C=C2C(=O)NC(=O)N(Cc3ccco3)C2=O)c(C)n1-c1ccc(Cl)cc1. The fraction of sp³-hybridized carbons (Fsp3) is 0.136. The van der Waals surface area contributed by atoms with E-state index >= 15 is 0 Å². The fourth-order valence-corrected chi connectivity index (χ4v) is 3.60. The highest BCUT2D eigenvalue weighted by molar-refractivity contribution is 6.31. The lowest BCUT2D eigenvalue weighted by Crippen LogP contribution is -2.53. The van der Waals surface area contributed by atoms with Gasteiger partial charge in [0.1, 0.15) is 11.3 Å². The lowest BCUT2D eigenvalue weighted by molar-refractivity contribution is -0.130. The molecule has 0 radical (unpaired) electrons. The highest BCUT2D eigenvalue weighted by atomic mass is 35.5. The molecule has 4 amide bonds. The molecule has 3 heterocycles. The van der Waals surface area contributed by atoms with Crippen molar-refractivity contribution in [3.05, 3.63) is 82.0 Å². The summed E-state index contributed by atoms with van der Waals surface area (Å²) >= 11 is 5.98. The average Bonchev–Trinajstić information content (AvgIpc) is 3.31. The van der Waals surface area contributed by atoms with Crippen LogP contribution in [0.4, 0.5) is 4.79 Å². The first kappa shape index (κ1) is 19.7. The summed E-state index contributed by atoms with van der Waals surface area (Å²) in [6.45, 7) is 3.76. The van der Waals surface area contributed by atoms with Gasteiger partial charge in [-0.3, -0.25) is 19.8 Å². The van der Waals surface area contributed by atoms with Crippen LogP contribution in [0.25, 0.3) is 11.8 Å². The largest absolute Gasteiger partial charge is 0.467 e. The first-order valence-corrected chi connectivity index (χ1v) is 9.59. The minimum Gasteiger partial charge on any atom is -0.467 e. The Kier molecular flexibility index (Phi) is 5.05. The van der Waals surface area contributed by atoms with E-state index in [1.54, 1.807) is 24.3 Å². The van der Waals surface area contributed by atoms with Gasteiger partial charge in [-0.05, 0) is 68.0 Å². The Hall–Kier alpha value is -3.58. The van der Waals surface area contributed by atoms with Crippen molar-refractivity contribution in [2.75, 3.05) is 0 Å². The maximum Gasteiger partial charge on any atom is 0.331 e.